The van der Waals surface area contributed by atoms with Crippen LogP contribution < -0.4 is 0 Å². The molecule has 1 aromatic heterocycles. The van der Waals surface area contributed by atoms with Crippen LogP contribution in [0.15, 0.2) is 47.5 Å². The number of rotatable bonds is 2. The molecule has 0 unspecified atom stereocenters. The first kappa shape index (κ1) is 14.3. The summed E-state index contributed by atoms with van der Waals surface area (Å²) in [6.45, 7) is 0. The van der Waals surface area contributed by atoms with E-state index < -0.39 is 22.2 Å². The van der Waals surface area contributed by atoms with E-state index in [2.05, 4.69) is 0 Å². The van der Waals surface area contributed by atoms with Crippen molar-refractivity contribution in [2.75, 3.05) is 7.05 Å². The SMILES string of the molecule is CN1[C@H](Cc2cccn2C)[C@H](O)c2ccccc2S1(=O)=O. The number of aryl methyl sites for hydroxylation is 1. The van der Waals surface area contributed by atoms with Gasteiger partial charge in [0.2, 0.25) is 10.0 Å². The normalized spacial score (nSPS) is 24.7. The average Bonchev–Trinajstić information content (AvgIpc) is 2.87. The van der Waals surface area contributed by atoms with E-state index in [1.54, 1.807) is 24.3 Å². The van der Waals surface area contributed by atoms with Crippen molar-refractivity contribution in [2.24, 2.45) is 7.05 Å². The van der Waals surface area contributed by atoms with Crippen LogP contribution in [0.1, 0.15) is 17.4 Å². The van der Waals surface area contributed by atoms with Crippen LogP contribution in [0.3, 0.4) is 0 Å². The highest BCUT2D eigenvalue weighted by atomic mass is 32.2. The van der Waals surface area contributed by atoms with Crippen molar-refractivity contribution in [3.05, 3.63) is 53.9 Å². The predicted molar refractivity (Wildman–Crippen MR) is 79.3 cm³/mol. The lowest BCUT2D eigenvalue weighted by Crippen LogP contribution is -2.46. The molecule has 0 amide bonds. The summed E-state index contributed by atoms with van der Waals surface area (Å²) in [6.07, 6.45) is 1.55. The van der Waals surface area contributed by atoms with Gasteiger partial charge in [0.1, 0.15) is 0 Å². The van der Waals surface area contributed by atoms with Crippen LogP contribution in [0.5, 0.6) is 0 Å². The zero-order valence-corrected chi connectivity index (χ0v) is 12.8. The zero-order chi connectivity index (χ0) is 15.2. The highest BCUT2D eigenvalue weighted by Crippen LogP contribution is 2.36. The van der Waals surface area contributed by atoms with Crippen molar-refractivity contribution in [1.82, 2.24) is 8.87 Å². The minimum atomic E-state index is -3.55. The van der Waals surface area contributed by atoms with E-state index in [0.29, 0.717) is 12.0 Å². The molecule has 2 heterocycles. The summed E-state index contributed by atoms with van der Waals surface area (Å²) >= 11 is 0. The van der Waals surface area contributed by atoms with Crippen molar-refractivity contribution in [3.63, 3.8) is 0 Å². The Balaban J connectivity index is 2.06. The molecule has 2 aromatic rings. The number of aliphatic hydroxyl groups is 1. The van der Waals surface area contributed by atoms with Gasteiger partial charge in [-0.15, -0.1) is 0 Å². The van der Waals surface area contributed by atoms with Gasteiger partial charge in [-0.3, -0.25) is 0 Å². The monoisotopic (exact) mass is 306 g/mol. The third-order valence-corrected chi connectivity index (χ3v) is 6.15. The highest BCUT2D eigenvalue weighted by molar-refractivity contribution is 7.89. The van der Waals surface area contributed by atoms with Gasteiger partial charge in [0, 0.05) is 38.0 Å². The molecule has 0 saturated heterocycles. The maximum Gasteiger partial charge on any atom is 0.243 e. The Morgan fingerprint density at radius 1 is 1.14 bits per heavy atom. The van der Waals surface area contributed by atoms with Crippen LogP contribution in [-0.2, 0) is 23.5 Å². The van der Waals surface area contributed by atoms with Gasteiger partial charge in [0.15, 0.2) is 0 Å². The number of hydrogen-bond acceptors (Lipinski definition) is 3. The summed E-state index contributed by atoms with van der Waals surface area (Å²) < 4.78 is 28.4. The van der Waals surface area contributed by atoms with Crippen molar-refractivity contribution in [1.29, 1.82) is 0 Å². The van der Waals surface area contributed by atoms with Crippen LogP contribution in [0.2, 0.25) is 0 Å². The molecule has 1 aromatic carbocycles. The van der Waals surface area contributed by atoms with Crippen LogP contribution in [0.4, 0.5) is 0 Å². The number of nitrogens with zero attached hydrogens (tertiary/aromatic N) is 2. The fourth-order valence-electron chi connectivity index (χ4n) is 2.86. The lowest BCUT2D eigenvalue weighted by atomic mass is 9.98. The minimum absolute atomic E-state index is 0.197. The molecule has 0 spiro atoms. The molecule has 1 aliphatic heterocycles. The van der Waals surface area contributed by atoms with Gasteiger partial charge < -0.3 is 9.67 Å². The summed E-state index contributed by atoms with van der Waals surface area (Å²) in [6, 6.07) is 10.0. The Hall–Kier alpha value is -1.63. The van der Waals surface area contributed by atoms with Gasteiger partial charge in [-0.05, 0) is 18.2 Å². The second-order valence-electron chi connectivity index (χ2n) is 5.39. The Bertz CT molecular complexity index is 767. The van der Waals surface area contributed by atoms with Crippen molar-refractivity contribution in [2.45, 2.75) is 23.5 Å². The first-order valence-corrected chi connectivity index (χ1v) is 8.22. The minimum Gasteiger partial charge on any atom is -0.387 e. The number of aliphatic hydroxyl groups excluding tert-OH is 1. The number of fused-ring (bicyclic) bond motifs is 1. The lowest BCUT2D eigenvalue weighted by molar-refractivity contribution is 0.0883. The summed E-state index contributed by atoms with van der Waals surface area (Å²) in [5.41, 5.74) is 1.47. The second kappa shape index (κ2) is 4.98. The van der Waals surface area contributed by atoms with Crippen LogP contribution in [0, 0.1) is 0 Å². The fraction of sp³-hybridized carbons (Fsp3) is 0.333. The van der Waals surface area contributed by atoms with E-state index in [1.807, 2.05) is 29.9 Å². The summed E-state index contributed by atoms with van der Waals surface area (Å²) in [7, 11) is -0.115. The Kier molecular flexibility index (Phi) is 3.39. The lowest BCUT2D eigenvalue weighted by Gasteiger charge is -2.37. The molecule has 5 nitrogen and oxygen atoms in total. The van der Waals surface area contributed by atoms with Crippen LogP contribution >= 0.6 is 0 Å². The largest absolute Gasteiger partial charge is 0.387 e. The predicted octanol–water partition coefficient (Wildman–Crippen LogP) is 1.30. The van der Waals surface area contributed by atoms with E-state index in [9.17, 15) is 13.5 Å². The molecule has 0 bridgehead atoms. The molecule has 0 radical (unpaired) electrons. The number of sulfonamides is 1. The standard InChI is InChI=1S/C15H18N2O3S/c1-16-9-5-6-11(16)10-13-15(18)12-7-3-4-8-14(12)21(19,20)17(13)2/h3-9,13,15,18H,10H2,1-2H3/t13-,15-/m1/s1. The molecule has 1 aliphatic rings. The quantitative estimate of drug-likeness (QED) is 0.910. The summed E-state index contributed by atoms with van der Waals surface area (Å²) in [5, 5.41) is 10.6. The molecule has 0 aliphatic carbocycles. The Morgan fingerprint density at radius 2 is 1.86 bits per heavy atom. The zero-order valence-electron chi connectivity index (χ0n) is 12.0. The number of benzene rings is 1. The molecule has 1 N–H and O–H groups in total. The molecule has 0 saturated carbocycles. The summed E-state index contributed by atoms with van der Waals surface area (Å²) in [5.74, 6) is 0. The third kappa shape index (κ3) is 2.19. The summed E-state index contributed by atoms with van der Waals surface area (Å²) in [4.78, 5) is 0.197. The smallest absolute Gasteiger partial charge is 0.243 e. The first-order chi connectivity index (χ1) is 9.93. The molecular formula is C15H18N2O3S. The van der Waals surface area contributed by atoms with Crippen LogP contribution in [-0.4, -0.2) is 35.5 Å². The van der Waals surface area contributed by atoms with Gasteiger partial charge in [-0.25, -0.2) is 8.42 Å². The fourth-order valence-corrected chi connectivity index (χ4v) is 4.46. The first-order valence-electron chi connectivity index (χ1n) is 6.78. The third-order valence-electron chi connectivity index (χ3n) is 4.20. The molecule has 6 heteroatoms. The number of likely N-dealkylation sites (N-methyl/N-ethyl adjacent to an activating group) is 1. The molecule has 21 heavy (non-hydrogen) atoms. The molecule has 0 fully saturated rings. The Labute approximate surface area is 124 Å². The van der Waals surface area contributed by atoms with E-state index in [-0.39, 0.29) is 4.90 Å². The maximum absolute atomic E-state index is 12.6. The van der Waals surface area contributed by atoms with Crippen molar-refractivity contribution < 1.29 is 13.5 Å². The van der Waals surface area contributed by atoms with Crippen molar-refractivity contribution >= 4 is 10.0 Å². The van der Waals surface area contributed by atoms with E-state index in [4.69, 9.17) is 0 Å². The average molecular weight is 306 g/mol. The van der Waals surface area contributed by atoms with E-state index >= 15 is 0 Å². The molecule has 2 atom stereocenters. The van der Waals surface area contributed by atoms with Gasteiger partial charge >= 0.3 is 0 Å². The van der Waals surface area contributed by atoms with Gasteiger partial charge in [0.25, 0.3) is 0 Å². The highest BCUT2D eigenvalue weighted by Gasteiger charge is 2.41. The van der Waals surface area contributed by atoms with Gasteiger partial charge in [-0.1, -0.05) is 18.2 Å². The Morgan fingerprint density at radius 3 is 2.52 bits per heavy atom. The van der Waals surface area contributed by atoms with E-state index in [1.165, 1.54) is 11.4 Å². The van der Waals surface area contributed by atoms with Crippen molar-refractivity contribution in [3.8, 4) is 0 Å². The van der Waals surface area contributed by atoms with Gasteiger partial charge in [-0.2, -0.15) is 4.31 Å². The maximum atomic E-state index is 12.6. The van der Waals surface area contributed by atoms with Gasteiger partial charge in [0.05, 0.1) is 17.0 Å². The molecule has 112 valence electrons. The van der Waals surface area contributed by atoms with E-state index in [0.717, 1.165) is 5.69 Å². The number of aromatic nitrogens is 1. The number of hydrogen-bond donors (Lipinski definition) is 1. The second-order valence-corrected chi connectivity index (χ2v) is 7.35. The molecule has 3 rings (SSSR count). The molecular weight excluding hydrogens is 288 g/mol. The van der Waals surface area contributed by atoms with Crippen LogP contribution in [0.25, 0.3) is 0 Å². The topological polar surface area (TPSA) is 62.5 Å².